The molecule has 3 aromatic carbocycles. The number of anilines is 1. The number of rotatable bonds is 5. The van der Waals surface area contributed by atoms with Crippen LogP contribution in [0.3, 0.4) is 0 Å². The van der Waals surface area contributed by atoms with E-state index < -0.39 is 9.84 Å². The van der Waals surface area contributed by atoms with E-state index in [1.165, 1.54) is 16.6 Å². The average molecular weight is 484 g/mol. The topological polar surface area (TPSA) is 89.2 Å². The van der Waals surface area contributed by atoms with Crippen molar-refractivity contribution in [1.82, 2.24) is 19.8 Å². The molecule has 0 saturated carbocycles. The molecule has 0 aliphatic carbocycles. The number of benzene rings is 3. The van der Waals surface area contributed by atoms with E-state index in [2.05, 4.69) is 20.6 Å². The van der Waals surface area contributed by atoms with Gasteiger partial charge in [-0.2, -0.15) is 4.52 Å². The lowest BCUT2D eigenvalue weighted by Gasteiger charge is -2.12. The van der Waals surface area contributed by atoms with Crippen molar-refractivity contribution in [3.8, 4) is 0 Å². The van der Waals surface area contributed by atoms with Gasteiger partial charge in [-0.05, 0) is 42.0 Å². The molecule has 1 N–H and O–H groups in total. The van der Waals surface area contributed by atoms with Crippen molar-refractivity contribution < 1.29 is 8.42 Å². The number of halogens is 2. The monoisotopic (exact) mass is 483 g/mol. The van der Waals surface area contributed by atoms with Crippen LogP contribution in [0.5, 0.6) is 0 Å². The molecule has 2 heterocycles. The quantitative estimate of drug-likeness (QED) is 0.377. The third kappa shape index (κ3) is 3.56. The van der Waals surface area contributed by atoms with E-state index in [-0.39, 0.29) is 15.6 Å². The first-order valence-corrected chi connectivity index (χ1v) is 11.8. The van der Waals surface area contributed by atoms with Crippen molar-refractivity contribution in [3.05, 3.63) is 88.4 Å². The fourth-order valence-corrected chi connectivity index (χ4v) is 5.04. The second kappa shape index (κ2) is 8.05. The molecule has 0 atom stereocenters. The van der Waals surface area contributed by atoms with Gasteiger partial charge in [-0.3, -0.25) is 0 Å². The summed E-state index contributed by atoms with van der Waals surface area (Å²) < 4.78 is 27.8. The first-order valence-electron chi connectivity index (χ1n) is 9.57. The Balaban J connectivity index is 1.69. The van der Waals surface area contributed by atoms with Gasteiger partial charge in [-0.15, -0.1) is 5.10 Å². The van der Waals surface area contributed by atoms with Crippen LogP contribution in [0.1, 0.15) is 5.56 Å². The lowest BCUT2D eigenvalue weighted by Crippen LogP contribution is -2.07. The minimum Gasteiger partial charge on any atom is -0.365 e. The van der Waals surface area contributed by atoms with Gasteiger partial charge < -0.3 is 5.32 Å². The van der Waals surface area contributed by atoms with Gasteiger partial charge in [0, 0.05) is 22.0 Å². The van der Waals surface area contributed by atoms with Crippen molar-refractivity contribution in [1.29, 1.82) is 0 Å². The summed E-state index contributed by atoms with van der Waals surface area (Å²) in [5.74, 6) is 0.446. The molecule has 0 aliphatic heterocycles. The Morgan fingerprint density at radius 2 is 1.69 bits per heavy atom. The number of nitrogens with one attached hydrogen (secondary N) is 1. The van der Waals surface area contributed by atoms with Gasteiger partial charge in [0.05, 0.1) is 10.4 Å². The van der Waals surface area contributed by atoms with E-state index >= 15 is 0 Å². The summed E-state index contributed by atoms with van der Waals surface area (Å²) in [5, 5.41) is 12.9. The van der Waals surface area contributed by atoms with Gasteiger partial charge in [0.2, 0.25) is 14.9 Å². The molecule has 5 rings (SSSR count). The highest BCUT2D eigenvalue weighted by atomic mass is 35.5. The molecule has 0 radical (unpaired) electrons. The van der Waals surface area contributed by atoms with Crippen LogP contribution in [0.2, 0.25) is 10.0 Å². The number of hydrogen-bond donors (Lipinski definition) is 1. The van der Waals surface area contributed by atoms with E-state index in [4.69, 9.17) is 23.2 Å². The summed E-state index contributed by atoms with van der Waals surface area (Å²) in [7, 11) is -3.92. The standard InChI is InChI=1S/C22H15Cl2N5O2S/c23-15-10-11-19-17(12-15)20(25-13-14-6-4-5-9-18(14)24)26-21-22(27-28-29(19)21)32(30,31)16-7-2-1-3-8-16/h1-12H,13H2,(H,25,26). The molecule has 32 heavy (non-hydrogen) atoms. The van der Waals surface area contributed by atoms with Gasteiger partial charge in [0.1, 0.15) is 5.82 Å². The first kappa shape index (κ1) is 20.7. The third-order valence-electron chi connectivity index (χ3n) is 4.99. The highest BCUT2D eigenvalue weighted by Crippen LogP contribution is 2.30. The Kier molecular flexibility index (Phi) is 5.21. The summed E-state index contributed by atoms with van der Waals surface area (Å²) in [6, 6.07) is 20.7. The molecule has 0 unspecified atom stereocenters. The maximum absolute atomic E-state index is 13.2. The molecule has 0 fully saturated rings. The van der Waals surface area contributed by atoms with Crippen molar-refractivity contribution in [2.24, 2.45) is 0 Å². The second-order valence-electron chi connectivity index (χ2n) is 7.01. The molecule has 0 amide bonds. The van der Waals surface area contributed by atoms with Crippen LogP contribution in [-0.2, 0) is 16.4 Å². The summed E-state index contributed by atoms with van der Waals surface area (Å²) in [6.07, 6.45) is 0. The predicted octanol–water partition coefficient (Wildman–Crippen LogP) is 5.03. The predicted molar refractivity (Wildman–Crippen MR) is 124 cm³/mol. The highest BCUT2D eigenvalue weighted by molar-refractivity contribution is 7.91. The lowest BCUT2D eigenvalue weighted by molar-refractivity contribution is 0.592. The Bertz CT molecular complexity index is 1570. The fraction of sp³-hybridized carbons (Fsp3) is 0.0455. The van der Waals surface area contributed by atoms with Gasteiger partial charge in [-0.25, -0.2) is 13.4 Å². The van der Waals surface area contributed by atoms with E-state index in [0.717, 1.165) is 5.56 Å². The smallest absolute Gasteiger partial charge is 0.229 e. The zero-order valence-electron chi connectivity index (χ0n) is 16.4. The zero-order valence-corrected chi connectivity index (χ0v) is 18.7. The third-order valence-corrected chi connectivity index (χ3v) is 7.26. The van der Waals surface area contributed by atoms with Gasteiger partial charge >= 0.3 is 0 Å². The normalized spacial score (nSPS) is 11.8. The van der Waals surface area contributed by atoms with Crippen LogP contribution in [0.15, 0.2) is 82.7 Å². The zero-order chi connectivity index (χ0) is 22.3. The SMILES string of the molecule is O=S(=O)(c1ccccc1)c1nnn2c1nc(NCc1ccccc1Cl)c1cc(Cl)ccc12. The Morgan fingerprint density at radius 1 is 0.938 bits per heavy atom. The van der Waals surface area contributed by atoms with Crippen LogP contribution in [0.4, 0.5) is 5.82 Å². The van der Waals surface area contributed by atoms with Gasteiger partial charge in [-0.1, -0.05) is 64.8 Å². The van der Waals surface area contributed by atoms with Crippen LogP contribution in [0, 0.1) is 0 Å². The van der Waals surface area contributed by atoms with E-state index in [9.17, 15) is 8.42 Å². The minimum absolute atomic E-state index is 0.116. The van der Waals surface area contributed by atoms with Crippen molar-refractivity contribution >= 4 is 55.4 Å². The molecule has 0 spiro atoms. The number of sulfone groups is 1. The lowest BCUT2D eigenvalue weighted by atomic mass is 10.2. The molecular weight excluding hydrogens is 469 g/mol. The number of aromatic nitrogens is 4. The maximum atomic E-state index is 13.2. The van der Waals surface area contributed by atoms with Gasteiger partial charge in [0.25, 0.3) is 0 Å². The summed E-state index contributed by atoms with van der Waals surface area (Å²) in [6.45, 7) is 0.382. The summed E-state index contributed by atoms with van der Waals surface area (Å²) in [5.41, 5.74) is 1.60. The molecule has 0 bridgehead atoms. The van der Waals surface area contributed by atoms with E-state index in [1.54, 1.807) is 42.5 Å². The minimum atomic E-state index is -3.92. The second-order valence-corrected chi connectivity index (χ2v) is 9.72. The van der Waals surface area contributed by atoms with Crippen molar-refractivity contribution in [2.45, 2.75) is 16.5 Å². The molecule has 160 valence electrons. The molecule has 7 nitrogen and oxygen atoms in total. The number of nitrogens with zero attached hydrogens (tertiary/aromatic N) is 4. The van der Waals surface area contributed by atoms with Crippen LogP contribution in [-0.4, -0.2) is 28.2 Å². The largest absolute Gasteiger partial charge is 0.365 e. The van der Waals surface area contributed by atoms with Crippen LogP contribution >= 0.6 is 23.2 Å². The molecule has 10 heteroatoms. The summed E-state index contributed by atoms with van der Waals surface area (Å²) >= 11 is 12.5. The molecule has 5 aromatic rings. The van der Waals surface area contributed by atoms with E-state index in [1.807, 2.05) is 18.2 Å². The number of hydrogen-bond acceptors (Lipinski definition) is 6. The van der Waals surface area contributed by atoms with Crippen molar-refractivity contribution in [2.75, 3.05) is 5.32 Å². The molecule has 2 aromatic heterocycles. The number of fused-ring (bicyclic) bond motifs is 3. The van der Waals surface area contributed by atoms with Crippen LogP contribution < -0.4 is 5.32 Å². The Morgan fingerprint density at radius 3 is 2.47 bits per heavy atom. The molecule has 0 saturated heterocycles. The molecular formula is C22H15Cl2N5O2S. The Labute approximate surface area is 193 Å². The summed E-state index contributed by atoms with van der Waals surface area (Å²) in [4.78, 5) is 4.70. The average Bonchev–Trinajstić information content (AvgIpc) is 3.23. The maximum Gasteiger partial charge on any atom is 0.229 e. The first-order chi connectivity index (χ1) is 15.4. The highest BCUT2D eigenvalue weighted by Gasteiger charge is 2.27. The van der Waals surface area contributed by atoms with Crippen molar-refractivity contribution in [3.63, 3.8) is 0 Å². The fourth-order valence-electron chi connectivity index (χ4n) is 3.41. The molecule has 0 aliphatic rings. The Hall–Kier alpha value is -3.20. The van der Waals surface area contributed by atoms with Crippen LogP contribution in [0.25, 0.3) is 16.6 Å². The van der Waals surface area contributed by atoms with Gasteiger partial charge in [0.15, 0.2) is 5.65 Å². The van der Waals surface area contributed by atoms with E-state index in [0.29, 0.717) is 33.3 Å².